The summed E-state index contributed by atoms with van der Waals surface area (Å²) in [5.74, 6) is -2.07. The van der Waals surface area contributed by atoms with Crippen molar-refractivity contribution in [1.29, 1.82) is 0 Å². The van der Waals surface area contributed by atoms with Crippen LogP contribution in [-0.4, -0.2) is 52.9 Å². The fourth-order valence-corrected chi connectivity index (χ4v) is 4.76. The molecule has 0 aliphatic rings. The second-order valence-corrected chi connectivity index (χ2v) is 9.63. The van der Waals surface area contributed by atoms with E-state index in [-0.39, 0.29) is 23.3 Å². The van der Waals surface area contributed by atoms with Crippen LogP contribution in [0.2, 0.25) is 0 Å². The standard InChI is InChI=1S/C22H27FN2O5S/c1-14(2)13-25(20-10-7-16(11-15(20)3)21(26)24(4)5)31(28,29)17-8-9-19(23)18(12-17)22(27)30-6/h7-12,14H,13H2,1-6H3. The third-order valence-corrected chi connectivity index (χ3v) is 6.36. The van der Waals surface area contributed by atoms with Gasteiger partial charge in [0.2, 0.25) is 0 Å². The highest BCUT2D eigenvalue weighted by atomic mass is 32.2. The lowest BCUT2D eigenvalue weighted by atomic mass is 10.1. The number of hydrogen-bond donors (Lipinski definition) is 0. The van der Waals surface area contributed by atoms with Gasteiger partial charge in [0.05, 0.1) is 23.3 Å². The van der Waals surface area contributed by atoms with Gasteiger partial charge >= 0.3 is 5.97 Å². The molecular formula is C22H27FN2O5S. The summed E-state index contributed by atoms with van der Waals surface area (Å²) in [5, 5.41) is 0. The van der Waals surface area contributed by atoms with Crippen molar-refractivity contribution in [3.05, 3.63) is 58.9 Å². The van der Waals surface area contributed by atoms with Crippen LogP contribution in [-0.2, 0) is 14.8 Å². The molecule has 0 aromatic heterocycles. The molecule has 7 nitrogen and oxygen atoms in total. The Bertz CT molecular complexity index is 1100. The van der Waals surface area contributed by atoms with Gasteiger partial charge in [0, 0.05) is 26.2 Å². The van der Waals surface area contributed by atoms with Crippen molar-refractivity contribution in [2.75, 3.05) is 32.1 Å². The molecule has 2 aromatic rings. The first kappa shape index (κ1) is 24.3. The minimum atomic E-state index is -4.14. The highest BCUT2D eigenvalue weighted by Crippen LogP contribution is 2.30. The maximum Gasteiger partial charge on any atom is 0.340 e. The molecule has 168 valence electrons. The van der Waals surface area contributed by atoms with Crippen molar-refractivity contribution in [2.24, 2.45) is 5.92 Å². The molecule has 0 radical (unpaired) electrons. The van der Waals surface area contributed by atoms with Crippen molar-refractivity contribution in [1.82, 2.24) is 4.90 Å². The molecule has 0 spiro atoms. The average molecular weight is 451 g/mol. The number of hydrogen-bond acceptors (Lipinski definition) is 5. The van der Waals surface area contributed by atoms with Crippen LogP contribution in [0.5, 0.6) is 0 Å². The highest BCUT2D eigenvalue weighted by Gasteiger charge is 2.29. The molecular weight excluding hydrogens is 423 g/mol. The van der Waals surface area contributed by atoms with Crippen molar-refractivity contribution in [3.8, 4) is 0 Å². The molecule has 1 amide bonds. The molecule has 0 heterocycles. The van der Waals surface area contributed by atoms with E-state index in [0.29, 0.717) is 16.8 Å². The van der Waals surface area contributed by atoms with Gasteiger partial charge < -0.3 is 9.64 Å². The number of sulfonamides is 1. The highest BCUT2D eigenvalue weighted by molar-refractivity contribution is 7.92. The molecule has 0 N–H and O–H groups in total. The third kappa shape index (κ3) is 5.22. The Morgan fingerprint density at radius 1 is 1.10 bits per heavy atom. The minimum Gasteiger partial charge on any atom is -0.465 e. The molecule has 2 aromatic carbocycles. The first-order valence-electron chi connectivity index (χ1n) is 9.63. The summed E-state index contributed by atoms with van der Waals surface area (Å²) >= 11 is 0. The van der Waals surface area contributed by atoms with Gasteiger partial charge in [-0.05, 0) is 54.8 Å². The fraction of sp³-hybridized carbons (Fsp3) is 0.364. The van der Waals surface area contributed by atoms with Gasteiger partial charge in [-0.25, -0.2) is 17.6 Å². The molecule has 0 bridgehead atoms. The quantitative estimate of drug-likeness (QED) is 0.603. The predicted octanol–water partition coefficient (Wildman–Crippen LogP) is 3.47. The third-order valence-electron chi connectivity index (χ3n) is 4.58. The van der Waals surface area contributed by atoms with Crippen LogP contribution in [0.15, 0.2) is 41.3 Å². The summed E-state index contributed by atoms with van der Waals surface area (Å²) < 4.78 is 46.8. The zero-order valence-corrected chi connectivity index (χ0v) is 19.3. The molecule has 2 rings (SSSR count). The predicted molar refractivity (Wildman–Crippen MR) is 116 cm³/mol. The molecule has 0 unspecified atom stereocenters. The number of halogens is 1. The summed E-state index contributed by atoms with van der Waals surface area (Å²) in [6, 6.07) is 7.80. The number of carbonyl (C=O) groups excluding carboxylic acids is 2. The van der Waals surface area contributed by atoms with Crippen LogP contribution >= 0.6 is 0 Å². The molecule has 0 atom stereocenters. The van der Waals surface area contributed by atoms with E-state index in [1.807, 2.05) is 13.8 Å². The summed E-state index contributed by atoms with van der Waals surface area (Å²) in [5.41, 5.74) is 0.958. The van der Waals surface area contributed by atoms with Gasteiger partial charge in [-0.3, -0.25) is 9.10 Å². The number of methoxy groups -OCH3 is 1. The number of amides is 1. The zero-order valence-electron chi connectivity index (χ0n) is 18.5. The van der Waals surface area contributed by atoms with E-state index in [1.54, 1.807) is 39.2 Å². The second kappa shape index (κ2) is 9.47. The first-order valence-corrected chi connectivity index (χ1v) is 11.1. The van der Waals surface area contributed by atoms with Gasteiger partial charge in [0.15, 0.2) is 0 Å². The maximum absolute atomic E-state index is 14.0. The summed E-state index contributed by atoms with van der Waals surface area (Å²) in [4.78, 5) is 25.3. The molecule has 9 heteroatoms. The van der Waals surface area contributed by atoms with E-state index in [1.165, 1.54) is 9.21 Å². The van der Waals surface area contributed by atoms with E-state index in [2.05, 4.69) is 4.74 Å². The summed E-state index contributed by atoms with van der Waals surface area (Å²) in [6.45, 7) is 5.60. The number of carbonyl (C=O) groups is 2. The van der Waals surface area contributed by atoms with E-state index in [4.69, 9.17) is 0 Å². The Morgan fingerprint density at radius 2 is 1.74 bits per heavy atom. The smallest absolute Gasteiger partial charge is 0.340 e. The van der Waals surface area contributed by atoms with Crippen LogP contribution in [0.1, 0.15) is 40.1 Å². The van der Waals surface area contributed by atoms with Gasteiger partial charge in [-0.15, -0.1) is 0 Å². The van der Waals surface area contributed by atoms with Crippen LogP contribution in [0, 0.1) is 18.7 Å². The van der Waals surface area contributed by atoms with Crippen molar-refractivity contribution in [2.45, 2.75) is 25.7 Å². The Balaban J connectivity index is 2.61. The number of aryl methyl sites for hydroxylation is 1. The topological polar surface area (TPSA) is 84.0 Å². The van der Waals surface area contributed by atoms with E-state index >= 15 is 0 Å². The van der Waals surface area contributed by atoms with Crippen molar-refractivity contribution in [3.63, 3.8) is 0 Å². The van der Waals surface area contributed by atoms with Gasteiger partial charge in [-0.1, -0.05) is 13.8 Å². The van der Waals surface area contributed by atoms with Crippen LogP contribution in [0.4, 0.5) is 10.1 Å². The molecule has 0 saturated heterocycles. The van der Waals surface area contributed by atoms with E-state index in [0.717, 1.165) is 25.3 Å². The lowest BCUT2D eigenvalue weighted by Gasteiger charge is -2.28. The Morgan fingerprint density at radius 3 is 2.26 bits per heavy atom. The second-order valence-electron chi connectivity index (χ2n) is 7.76. The Hall–Kier alpha value is -2.94. The average Bonchev–Trinajstić information content (AvgIpc) is 2.70. The lowest BCUT2D eigenvalue weighted by molar-refractivity contribution is 0.0595. The van der Waals surface area contributed by atoms with Crippen LogP contribution < -0.4 is 4.31 Å². The molecule has 0 aliphatic heterocycles. The largest absolute Gasteiger partial charge is 0.465 e. The maximum atomic E-state index is 14.0. The van der Waals surface area contributed by atoms with Crippen LogP contribution in [0.3, 0.4) is 0 Å². The van der Waals surface area contributed by atoms with Gasteiger partial charge in [0.25, 0.3) is 15.9 Å². The molecule has 31 heavy (non-hydrogen) atoms. The minimum absolute atomic E-state index is 0.0298. The number of rotatable bonds is 7. The number of esters is 1. The SMILES string of the molecule is COC(=O)c1cc(S(=O)(=O)N(CC(C)C)c2ccc(C(=O)N(C)C)cc2C)ccc1F. The number of nitrogens with zero attached hydrogens (tertiary/aromatic N) is 2. The monoisotopic (exact) mass is 450 g/mol. The normalized spacial score (nSPS) is 11.4. The number of ether oxygens (including phenoxy) is 1. The van der Waals surface area contributed by atoms with Crippen molar-refractivity contribution >= 4 is 27.6 Å². The van der Waals surface area contributed by atoms with E-state index in [9.17, 15) is 22.4 Å². The Kier molecular flexibility index (Phi) is 7.43. The first-order chi connectivity index (χ1) is 14.4. The molecule has 0 saturated carbocycles. The summed E-state index contributed by atoms with van der Waals surface area (Å²) in [6.07, 6.45) is 0. The van der Waals surface area contributed by atoms with Crippen molar-refractivity contribution < 1.29 is 27.1 Å². The number of anilines is 1. The summed E-state index contributed by atoms with van der Waals surface area (Å²) in [7, 11) is 0.220. The zero-order chi connectivity index (χ0) is 23.5. The Labute approximate surface area is 182 Å². The molecule has 0 aliphatic carbocycles. The lowest BCUT2D eigenvalue weighted by Crippen LogP contribution is -2.35. The molecule has 0 fully saturated rings. The number of benzene rings is 2. The van der Waals surface area contributed by atoms with Gasteiger partial charge in [0.1, 0.15) is 5.82 Å². The van der Waals surface area contributed by atoms with Crippen LogP contribution in [0.25, 0.3) is 0 Å². The fourth-order valence-electron chi connectivity index (χ4n) is 3.04. The van der Waals surface area contributed by atoms with E-state index < -0.39 is 27.4 Å². The van der Waals surface area contributed by atoms with Gasteiger partial charge in [-0.2, -0.15) is 0 Å².